The number of carboxylic acid groups (broad SMARTS) is 2. The van der Waals surface area contributed by atoms with Crippen molar-refractivity contribution in [3.05, 3.63) is 35.9 Å². The Morgan fingerprint density at radius 1 is 0.478 bits per heavy atom. The van der Waals surface area contributed by atoms with Gasteiger partial charge in [0.15, 0.2) is 11.9 Å². The van der Waals surface area contributed by atoms with Crippen molar-refractivity contribution in [1.82, 2.24) is 63.8 Å². The van der Waals surface area contributed by atoms with Gasteiger partial charge in [-0.1, -0.05) is 70.9 Å². The minimum absolute atomic E-state index is 0.0164. The highest BCUT2D eigenvalue weighted by molar-refractivity contribution is 5.99. The van der Waals surface area contributed by atoms with E-state index in [9.17, 15) is 77.6 Å². The lowest BCUT2D eigenvalue weighted by molar-refractivity contribution is -0.142. The fraction of sp³-hybridized carbons (Fsp3) is 0.625. The second-order valence-corrected chi connectivity index (χ2v) is 21.6. The van der Waals surface area contributed by atoms with Gasteiger partial charge in [-0.25, -0.2) is 0 Å². The molecule has 90 heavy (non-hydrogen) atoms. The van der Waals surface area contributed by atoms with E-state index in [4.69, 9.17) is 33.8 Å². The maximum atomic E-state index is 14.3. The number of unbranched alkanes of at least 4 members (excludes halogenated alkanes) is 1. The molecule has 11 amide bonds. The zero-order chi connectivity index (χ0) is 68.2. The van der Waals surface area contributed by atoms with Crippen molar-refractivity contribution < 1.29 is 77.6 Å². The summed E-state index contributed by atoms with van der Waals surface area (Å²) in [5, 5.41) is 74.1. The number of amides is 11. The van der Waals surface area contributed by atoms with Gasteiger partial charge < -0.3 is 102 Å². The van der Waals surface area contributed by atoms with Crippen molar-refractivity contribution in [2.45, 2.75) is 185 Å². The zero-order valence-corrected chi connectivity index (χ0v) is 51.8. The van der Waals surface area contributed by atoms with Crippen LogP contribution in [-0.2, 0) is 68.7 Å². The number of aliphatic hydroxyl groups excluding tert-OH is 1. The van der Waals surface area contributed by atoms with Crippen molar-refractivity contribution in [3.8, 4) is 0 Å². The van der Waals surface area contributed by atoms with Crippen LogP contribution in [-0.4, -0.2) is 191 Å². The van der Waals surface area contributed by atoms with Crippen LogP contribution < -0.4 is 86.7 Å². The highest BCUT2D eigenvalue weighted by atomic mass is 16.4. The van der Waals surface area contributed by atoms with Gasteiger partial charge in [-0.05, 0) is 82.2 Å². The summed E-state index contributed by atoms with van der Waals surface area (Å²) in [5.41, 5.74) is 22.8. The molecule has 0 aromatic heterocycles. The molecule has 0 saturated heterocycles. The summed E-state index contributed by atoms with van der Waals surface area (Å²) in [5.74, 6) is -15.2. The summed E-state index contributed by atoms with van der Waals surface area (Å²) in [4.78, 5) is 173. The molecule has 1 aromatic rings. The Morgan fingerprint density at radius 2 is 0.889 bits per heavy atom. The number of guanidine groups is 2. The van der Waals surface area contributed by atoms with Crippen LogP contribution >= 0.6 is 0 Å². The standard InChI is InChI=1S/C56H94N18O16/c1-7-29(3)43(45(58)81)73-51(87)38(26-33-16-10-9-11-17-33)71-54(90)44(30(4)8-2)74-52(88)39(27-42(79)80)70-46(82)31(5)65-53(89)40(28-75)72-49(85)36(20-15-25-64-56(61)62)69-48(84)35(19-14-24-63-55(59)60)68-47(83)34(18-12-13-23-57)67-50(86)37(66-32(6)76)21-22-41(77)78/h9-11,16-17,29-31,34-40,43-44,75H,7-8,12-15,18-28,57H2,1-6H3,(H2,58,81)(H,65,89)(H,66,76)(H,67,86)(H,68,83)(H,69,84)(H,70,82)(H,71,90)(H,72,85)(H,73,87)(H,74,88)(H,77,78)(H,79,80)(H4,59,60,63)(H4,61,62,64)/t29-,30+,31+,34+,35+,36+,37+,38+,39+,40+,43+,44+/m1/s1. The molecule has 0 aliphatic heterocycles. The number of nitrogens with one attached hydrogen (secondary N) is 14. The molecule has 0 spiro atoms. The SMILES string of the molecule is CC[C@@H](C)[C@H](NC(=O)[C@H](Cc1ccccc1)NC(=O)[C@@H](NC(=O)[C@H](CC(=O)O)NC(=O)[C@H](C)NC(=O)[C@H](CO)NC(=O)[C@H](CCCNC(=N)N)NC(=O)[C@H](CCCNC(=N)N)NC(=O)[C@H](CCCCN)NC(=O)[C@H](CCC(=O)O)NC(C)=O)[C@@H](C)CC)C(N)=O. The third-order valence-electron chi connectivity index (χ3n) is 14.3. The second-order valence-electron chi connectivity index (χ2n) is 21.6. The molecule has 1 aromatic carbocycles. The number of aliphatic hydroxyl groups is 1. The lowest BCUT2D eigenvalue weighted by Gasteiger charge is -2.29. The number of rotatable bonds is 44. The van der Waals surface area contributed by atoms with Crippen LogP contribution in [0.2, 0.25) is 0 Å². The average Bonchev–Trinajstić information content (AvgIpc) is 3.28. The summed E-state index contributed by atoms with van der Waals surface area (Å²) >= 11 is 0. The summed E-state index contributed by atoms with van der Waals surface area (Å²) in [7, 11) is 0. The largest absolute Gasteiger partial charge is 0.481 e. The molecule has 1 rings (SSSR count). The summed E-state index contributed by atoms with van der Waals surface area (Å²) in [6, 6.07) is -6.50. The topological polar surface area (TPSA) is 579 Å². The molecule has 0 fully saturated rings. The van der Waals surface area contributed by atoms with E-state index in [1.165, 1.54) is 0 Å². The Morgan fingerprint density at radius 3 is 1.32 bits per heavy atom. The minimum atomic E-state index is -1.89. The third kappa shape index (κ3) is 30.6. The van der Waals surface area contributed by atoms with Crippen molar-refractivity contribution in [3.63, 3.8) is 0 Å². The average molecular weight is 1280 g/mol. The van der Waals surface area contributed by atoms with Crippen molar-refractivity contribution in [2.24, 2.45) is 34.8 Å². The van der Waals surface area contributed by atoms with Gasteiger partial charge >= 0.3 is 11.9 Å². The molecule has 34 nitrogen and oxygen atoms in total. The van der Waals surface area contributed by atoms with Crippen LogP contribution in [0, 0.1) is 22.7 Å². The Labute approximate surface area is 521 Å². The van der Waals surface area contributed by atoms with Crippen LogP contribution in [0.15, 0.2) is 30.3 Å². The quantitative estimate of drug-likeness (QED) is 0.0165. The van der Waals surface area contributed by atoms with E-state index in [1.54, 1.807) is 58.0 Å². The first-order valence-corrected chi connectivity index (χ1v) is 29.6. The molecule has 0 bridgehead atoms. The van der Waals surface area contributed by atoms with Gasteiger partial charge in [-0.2, -0.15) is 0 Å². The molecule has 34 heteroatoms. The molecule has 0 aliphatic rings. The number of aliphatic carboxylic acids is 2. The Hall–Kier alpha value is -9.21. The Kier molecular flexibility index (Phi) is 36.6. The van der Waals surface area contributed by atoms with Crippen LogP contribution in [0.5, 0.6) is 0 Å². The summed E-state index contributed by atoms with van der Waals surface area (Å²) in [6.07, 6.45) is -0.941. The number of nitrogens with two attached hydrogens (primary N) is 4. The molecular formula is C56H94N18O16. The van der Waals surface area contributed by atoms with Gasteiger partial charge in [-0.15, -0.1) is 0 Å². The van der Waals surface area contributed by atoms with Gasteiger partial charge in [0.2, 0.25) is 65.0 Å². The van der Waals surface area contributed by atoms with E-state index in [1.807, 2.05) is 0 Å². The van der Waals surface area contributed by atoms with Crippen molar-refractivity contribution >= 4 is 88.8 Å². The fourth-order valence-corrected chi connectivity index (χ4v) is 8.74. The summed E-state index contributed by atoms with van der Waals surface area (Å²) < 4.78 is 0. The molecule has 0 aliphatic carbocycles. The summed E-state index contributed by atoms with van der Waals surface area (Å²) in [6.45, 7) is 8.10. The van der Waals surface area contributed by atoms with E-state index in [0.29, 0.717) is 18.4 Å². The first-order chi connectivity index (χ1) is 42.4. The van der Waals surface area contributed by atoms with Gasteiger partial charge in [0.05, 0.1) is 13.0 Å². The third-order valence-corrected chi connectivity index (χ3v) is 14.3. The van der Waals surface area contributed by atoms with Crippen LogP contribution in [0.4, 0.5) is 0 Å². The van der Waals surface area contributed by atoms with E-state index in [0.717, 1.165) is 13.8 Å². The van der Waals surface area contributed by atoms with Gasteiger partial charge in [0, 0.05) is 32.9 Å². The number of carboxylic acids is 2. The maximum absolute atomic E-state index is 14.3. The van der Waals surface area contributed by atoms with E-state index in [-0.39, 0.29) is 83.3 Å². The Bertz CT molecular complexity index is 2620. The molecule has 0 radical (unpaired) electrons. The highest BCUT2D eigenvalue weighted by Crippen LogP contribution is 2.14. The molecule has 0 heterocycles. The minimum Gasteiger partial charge on any atom is -0.481 e. The smallest absolute Gasteiger partial charge is 0.305 e. The van der Waals surface area contributed by atoms with E-state index < -0.39 is 175 Å². The molecule has 0 unspecified atom stereocenters. The second kappa shape index (κ2) is 41.9. The monoisotopic (exact) mass is 1270 g/mol. The molecule has 504 valence electrons. The van der Waals surface area contributed by atoms with Gasteiger partial charge in [0.25, 0.3) is 0 Å². The number of carbonyl (C=O) groups is 13. The number of hydrogen-bond acceptors (Lipinski definition) is 17. The number of benzene rings is 1. The van der Waals surface area contributed by atoms with E-state index in [2.05, 4.69) is 63.8 Å². The van der Waals surface area contributed by atoms with Gasteiger partial charge in [0.1, 0.15) is 60.4 Å². The first-order valence-electron chi connectivity index (χ1n) is 29.6. The zero-order valence-electron chi connectivity index (χ0n) is 51.8. The number of carbonyl (C=O) groups excluding carboxylic acids is 11. The lowest BCUT2D eigenvalue weighted by Crippen LogP contribution is -2.61. The van der Waals surface area contributed by atoms with Crippen LogP contribution in [0.1, 0.15) is 124 Å². The maximum Gasteiger partial charge on any atom is 0.305 e. The number of primary amides is 1. The lowest BCUT2D eigenvalue weighted by atomic mass is 9.95. The van der Waals surface area contributed by atoms with Crippen LogP contribution in [0.3, 0.4) is 0 Å². The Balaban J connectivity index is 3.51. The normalized spacial score (nSPS) is 14.9. The van der Waals surface area contributed by atoms with Gasteiger partial charge in [-0.3, -0.25) is 73.1 Å². The van der Waals surface area contributed by atoms with E-state index >= 15 is 0 Å². The molecule has 0 saturated carbocycles. The number of hydrogen-bond donors (Lipinski definition) is 21. The highest BCUT2D eigenvalue weighted by Gasteiger charge is 2.37. The fourth-order valence-electron chi connectivity index (χ4n) is 8.74. The van der Waals surface area contributed by atoms with Crippen molar-refractivity contribution in [2.75, 3.05) is 26.2 Å². The first kappa shape index (κ1) is 78.8. The molecule has 25 N–H and O–H groups in total. The molecule has 12 atom stereocenters. The van der Waals surface area contributed by atoms with Crippen LogP contribution in [0.25, 0.3) is 0 Å². The van der Waals surface area contributed by atoms with Crippen molar-refractivity contribution in [1.29, 1.82) is 10.8 Å². The predicted octanol–water partition coefficient (Wildman–Crippen LogP) is -5.32. The predicted molar refractivity (Wildman–Crippen MR) is 326 cm³/mol. The molecular weight excluding hydrogens is 1180 g/mol.